The first kappa shape index (κ1) is 13.2. The Kier molecular flexibility index (Phi) is 4.09. The van der Waals surface area contributed by atoms with Gasteiger partial charge in [0.05, 0.1) is 11.7 Å². The lowest BCUT2D eigenvalue weighted by molar-refractivity contribution is 0.443. The van der Waals surface area contributed by atoms with Gasteiger partial charge in [0.1, 0.15) is 0 Å². The van der Waals surface area contributed by atoms with Crippen LogP contribution in [0.1, 0.15) is 12.8 Å². The minimum atomic E-state index is 0. The van der Waals surface area contributed by atoms with Gasteiger partial charge in [0, 0.05) is 24.2 Å². The molecule has 2 aromatic rings. The molecule has 5 heteroatoms. The molecule has 0 amide bonds. The number of H-pyrrole nitrogens is 1. The SMILES string of the molecule is CN(c1ccc2[nH]ncc2c1)C1CCNCC1.Cl. The van der Waals surface area contributed by atoms with Crippen molar-refractivity contribution >= 4 is 29.0 Å². The second kappa shape index (κ2) is 5.59. The van der Waals surface area contributed by atoms with Gasteiger partial charge in [-0.25, -0.2) is 0 Å². The highest BCUT2D eigenvalue weighted by atomic mass is 35.5. The number of nitrogens with zero attached hydrogens (tertiary/aromatic N) is 2. The summed E-state index contributed by atoms with van der Waals surface area (Å²) >= 11 is 0. The molecule has 2 N–H and O–H groups in total. The van der Waals surface area contributed by atoms with E-state index in [9.17, 15) is 0 Å². The first-order valence-corrected chi connectivity index (χ1v) is 6.21. The van der Waals surface area contributed by atoms with Crippen LogP contribution in [0.5, 0.6) is 0 Å². The van der Waals surface area contributed by atoms with Crippen molar-refractivity contribution in [3.63, 3.8) is 0 Å². The molecule has 1 aliphatic heterocycles. The van der Waals surface area contributed by atoms with Crippen LogP contribution < -0.4 is 10.2 Å². The number of halogens is 1. The van der Waals surface area contributed by atoms with E-state index in [1.807, 2.05) is 6.20 Å². The summed E-state index contributed by atoms with van der Waals surface area (Å²) < 4.78 is 0. The highest BCUT2D eigenvalue weighted by Crippen LogP contribution is 2.23. The first-order valence-electron chi connectivity index (χ1n) is 6.21. The van der Waals surface area contributed by atoms with Crippen LogP contribution in [0.4, 0.5) is 5.69 Å². The van der Waals surface area contributed by atoms with Crippen LogP contribution in [0.3, 0.4) is 0 Å². The minimum absolute atomic E-state index is 0. The van der Waals surface area contributed by atoms with Crippen LogP contribution in [0.15, 0.2) is 24.4 Å². The average Bonchev–Trinajstić information content (AvgIpc) is 2.86. The molecule has 0 saturated carbocycles. The number of piperidine rings is 1. The van der Waals surface area contributed by atoms with Gasteiger partial charge in [0.25, 0.3) is 0 Å². The molecule has 3 rings (SSSR count). The topological polar surface area (TPSA) is 44.0 Å². The van der Waals surface area contributed by atoms with Crippen LogP contribution in [0.2, 0.25) is 0 Å². The van der Waals surface area contributed by atoms with Crippen molar-refractivity contribution < 1.29 is 0 Å². The zero-order valence-corrected chi connectivity index (χ0v) is 11.3. The molecule has 4 nitrogen and oxygen atoms in total. The molecule has 1 aromatic heterocycles. The maximum absolute atomic E-state index is 4.06. The lowest BCUT2D eigenvalue weighted by Gasteiger charge is -2.33. The van der Waals surface area contributed by atoms with E-state index in [1.54, 1.807) is 0 Å². The second-order valence-corrected chi connectivity index (χ2v) is 4.73. The van der Waals surface area contributed by atoms with Gasteiger partial charge in [0.2, 0.25) is 0 Å². The smallest absolute Gasteiger partial charge is 0.0651 e. The van der Waals surface area contributed by atoms with Gasteiger partial charge in [-0.3, -0.25) is 5.10 Å². The van der Waals surface area contributed by atoms with E-state index >= 15 is 0 Å². The summed E-state index contributed by atoms with van der Waals surface area (Å²) in [6, 6.07) is 7.14. The Bertz CT molecular complexity index is 504. The van der Waals surface area contributed by atoms with E-state index < -0.39 is 0 Å². The van der Waals surface area contributed by atoms with Crippen LogP contribution in [0.25, 0.3) is 10.9 Å². The monoisotopic (exact) mass is 266 g/mol. The summed E-state index contributed by atoms with van der Waals surface area (Å²) in [5.74, 6) is 0. The van der Waals surface area contributed by atoms with Gasteiger partial charge in [-0.15, -0.1) is 12.4 Å². The van der Waals surface area contributed by atoms with Crippen molar-refractivity contribution in [2.75, 3.05) is 25.0 Å². The third-order valence-electron chi connectivity index (χ3n) is 3.69. The van der Waals surface area contributed by atoms with Crippen LogP contribution in [0, 0.1) is 0 Å². The molecule has 0 radical (unpaired) electrons. The molecular formula is C13H19ClN4. The molecule has 2 heterocycles. The standard InChI is InChI=1S/C13H18N4.ClH/c1-17(11-4-6-14-7-5-11)12-2-3-13-10(8-12)9-15-16-13;/h2-3,8-9,11,14H,4-7H2,1H3,(H,15,16);1H. The fourth-order valence-electron chi connectivity index (χ4n) is 2.55. The summed E-state index contributed by atoms with van der Waals surface area (Å²) in [5, 5.41) is 11.6. The molecule has 18 heavy (non-hydrogen) atoms. The van der Waals surface area contributed by atoms with E-state index in [-0.39, 0.29) is 12.4 Å². The maximum atomic E-state index is 4.06. The van der Waals surface area contributed by atoms with E-state index in [0.29, 0.717) is 6.04 Å². The predicted molar refractivity (Wildman–Crippen MR) is 77.6 cm³/mol. The normalized spacial score (nSPS) is 16.5. The summed E-state index contributed by atoms with van der Waals surface area (Å²) in [7, 11) is 2.19. The van der Waals surface area contributed by atoms with Gasteiger partial charge in [-0.2, -0.15) is 5.10 Å². The Morgan fingerprint density at radius 2 is 2.06 bits per heavy atom. The van der Waals surface area contributed by atoms with Crippen molar-refractivity contribution in [2.24, 2.45) is 0 Å². The number of nitrogens with one attached hydrogen (secondary N) is 2. The Morgan fingerprint density at radius 3 is 2.83 bits per heavy atom. The Hall–Kier alpha value is -1.26. The van der Waals surface area contributed by atoms with Crippen molar-refractivity contribution in [2.45, 2.75) is 18.9 Å². The van der Waals surface area contributed by atoms with E-state index in [4.69, 9.17) is 0 Å². The zero-order valence-electron chi connectivity index (χ0n) is 10.5. The van der Waals surface area contributed by atoms with Crippen molar-refractivity contribution in [3.05, 3.63) is 24.4 Å². The molecule has 1 saturated heterocycles. The van der Waals surface area contributed by atoms with Crippen molar-refractivity contribution in [1.29, 1.82) is 0 Å². The molecule has 0 aliphatic carbocycles. The molecule has 0 unspecified atom stereocenters. The number of benzene rings is 1. The summed E-state index contributed by atoms with van der Waals surface area (Å²) in [6.45, 7) is 2.26. The lowest BCUT2D eigenvalue weighted by atomic mass is 10.0. The van der Waals surface area contributed by atoms with Gasteiger partial charge >= 0.3 is 0 Å². The third-order valence-corrected chi connectivity index (χ3v) is 3.69. The fraction of sp³-hybridized carbons (Fsp3) is 0.462. The summed E-state index contributed by atoms with van der Waals surface area (Å²) in [5.41, 5.74) is 2.39. The molecular weight excluding hydrogens is 248 g/mol. The van der Waals surface area contributed by atoms with Crippen molar-refractivity contribution in [1.82, 2.24) is 15.5 Å². The Labute approximate surface area is 113 Å². The Morgan fingerprint density at radius 1 is 1.28 bits per heavy atom. The molecule has 98 valence electrons. The molecule has 1 fully saturated rings. The van der Waals surface area contributed by atoms with E-state index in [2.05, 4.69) is 45.7 Å². The maximum Gasteiger partial charge on any atom is 0.0651 e. The van der Waals surface area contributed by atoms with Crippen LogP contribution in [-0.2, 0) is 0 Å². The number of aromatic nitrogens is 2. The number of anilines is 1. The van der Waals surface area contributed by atoms with Gasteiger partial charge < -0.3 is 10.2 Å². The predicted octanol–water partition coefficient (Wildman–Crippen LogP) is 2.17. The highest BCUT2D eigenvalue weighted by molar-refractivity contribution is 5.85. The highest BCUT2D eigenvalue weighted by Gasteiger charge is 2.18. The lowest BCUT2D eigenvalue weighted by Crippen LogP contribution is -2.41. The van der Waals surface area contributed by atoms with E-state index in [0.717, 1.165) is 18.6 Å². The molecule has 0 bridgehead atoms. The van der Waals surface area contributed by atoms with Gasteiger partial charge in [-0.05, 0) is 44.1 Å². The van der Waals surface area contributed by atoms with Gasteiger partial charge in [-0.1, -0.05) is 0 Å². The number of hydrogen-bond acceptors (Lipinski definition) is 3. The van der Waals surface area contributed by atoms with Crippen molar-refractivity contribution in [3.8, 4) is 0 Å². The number of fused-ring (bicyclic) bond motifs is 1. The third kappa shape index (κ3) is 2.44. The number of aromatic amines is 1. The van der Waals surface area contributed by atoms with Crippen LogP contribution in [-0.4, -0.2) is 36.4 Å². The first-order chi connectivity index (χ1) is 8.34. The largest absolute Gasteiger partial charge is 0.371 e. The molecule has 1 aliphatic rings. The number of rotatable bonds is 2. The minimum Gasteiger partial charge on any atom is -0.371 e. The van der Waals surface area contributed by atoms with Crippen LogP contribution >= 0.6 is 12.4 Å². The number of hydrogen-bond donors (Lipinski definition) is 2. The zero-order chi connectivity index (χ0) is 11.7. The molecule has 1 aromatic carbocycles. The summed E-state index contributed by atoms with van der Waals surface area (Å²) in [4.78, 5) is 2.40. The second-order valence-electron chi connectivity index (χ2n) is 4.73. The van der Waals surface area contributed by atoms with Gasteiger partial charge in [0.15, 0.2) is 0 Å². The quantitative estimate of drug-likeness (QED) is 0.876. The fourth-order valence-corrected chi connectivity index (χ4v) is 2.55. The Balaban J connectivity index is 0.00000120. The molecule has 0 atom stereocenters. The molecule has 0 spiro atoms. The van der Waals surface area contributed by atoms with E-state index in [1.165, 1.54) is 23.9 Å². The summed E-state index contributed by atoms with van der Waals surface area (Å²) in [6.07, 6.45) is 4.33. The average molecular weight is 267 g/mol.